The second kappa shape index (κ2) is 9.05. The SMILES string of the molecule is COc1ccccc1CCC(=O)NCCn1nc([C@@H]2CCNC2)c2cccnc21. The number of hydrogen-bond donors (Lipinski definition) is 2. The standard InChI is InChI=1S/C22H27N5O2/c1-29-19-7-3-2-5-16(19)8-9-20(28)24-13-14-27-22-18(6-4-11-25-22)21(26-27)17-10-12-23-15-17/h2-7,11,17,23H,8-10,12-15H2,1H3,(H,24,28)/t17-/m1/s1. The van der Waals surface area contributed by atoms with Gasteiger partial charge in [0.05, 0.1) is 19.3 Å². The molecular weight excluding hydrogens is 366 g/mol. The normalized spacial score (nSPS) is 16.2. The van der Waals surface area contributed by atoms with E-state index in [0.717, 1.165) is 47.6 Å². The topological polar surface area (TPSA) is 81.1 Å². The Bertz CT molecular complexity index is 978. The fraction of sp³-hybridized carbons (Fsp3) is 0.409. The van der Waals surface area contributed by atoms with Crippen LogP contribution < -0.4 is 15.4 Å². The molecule has 0 unspecified atom stereocenters. The van der Waals surface area contributed by atoms with Crippen LogP contribution in [-0.2, 0) is 17.8 Å². The zero-order valence-electron chi connectivity index (χ0n) is 16.7. The Morgan fingerprint density at radius 2 is 2.21 bits per heavy atom. The molecule has 1 saturated heterocycles. The van der Waals surface area contributed by atoms with Gasteiger partial charge in [-0.15, -0.1) is 0 Å². The van der Waals surface area contributed by atoms with E-state index in [1.807, 2.05) is 35.0 Å². The molecule has 1 aromatic carbocycles. The highest BCUT2D eigenvalue weighted by molar-refractivity contribution is 5.79. The maximum Gasteiger partial charge on any atom is 0.220 e. The lowest BCUT2D eigenvalue weighted by atomic mass is 10.0. The van der Waals surface area contributed by atoms with Crippen LogP contribution in [-0.4, -0.2) is 47.4 Å². The number of methoxy groups -OCH3 is 1. The first kappa shape index (κ1) is 19.4. The van der Waals surface area contributed by atoms with E-state index < -0.39 is 0 Å². The smallest absolute Gasteiger partial charge is 0.220 e. The summed E-state index contributed by atoms with van der Waals surface area (Å²) in [6, 6.07) is 11.8. The monoisotopic (exact) mass is 393 g/mol. The first-order valence-corrected chi connectivity index (χ1v) is 10.2. The van der Waals surface area contributed by atoms with Gasteiger partial charge >= 0.3 is 0 Å². The van der Waals surface area contributed by atoms with Gasteiger partial charge in [-0.1, -0.05) is 18.2 Å². The van der Waals surface area contributed by atoms with Crippen LogP contribution in [0.2, 0.25) is 0 Å². The number of aromatic nitrogens is 3. The van der Waals surface area contributed by atoms with Gasteiger partial charge in [0.2, 0.25) is 5.91 Å². The van der Waals surface area contributed by atoms with Crippen molar-refractivity contribution >= 4 is 16.9 Å². The third kappa shape index (κ3) is 4.40. The Balaban J connectivity index is 1.34. The highest BCUT2D eigenvalue weighted by Crippen LogP contribution is 2.27. The molecule has 0 saturated carbocycles. The van der Waals surface area contributed by atoms with Crippen LogP contribution in [0.1, 0.15) is 30.0 Å². The number of rotatable bonds is 8. The van der Waals surface area contributed by atoms with Gasteiger partial charge < -0.3 is 15.4 Å². The minimum atomic E-state index is 0.0283. The molecule has 3 aromatic rings. The predicted molar refractivity (Wildman–Crippen MR) is 112 cm³/mol. The number of nitrogens with one attached hydrogen (secondary N) is 2. The quantitative estimate of drug-likeness (QED) is 0.614. The molecule has 7 nitrogen and oxygen atoms in total. The molecule has 0 aliphatic carbocycles. The Morgan fingerprint density at radius 1 is 1.31 bits per heavy atom. The van der Waals surface area contributed by atoms with Gasteiger partial charge in [0.15, 0.2) is 5.65 Å². The second-order valence-electron chi connectivity index (χ2n) is 7.33. The summed E-state index contributed by atoms with van der Waals surface area (Å²) in [6.45, 7) is 3.12. The lowest BCUT2D eigenvalue weighted by Gasteiger charge is -2.09. The first-order valence-electron chi connectivity index (χ1n) is 10.2. The number of para-hydroxylation sites is 1. The van der Waals surface area contributed by atoms with Crippen molar-refractivity contribution in [1.82, 2.24) is 25.4 Å². The van der Waals surface area contributed by atoms with Crippen LogP contribution in [0.3, 0.4) is 0 Å². The van der Waals surface area contributed by atoms with Crippen molar-refractivity contribution < 1.29 is 9.53 Å². The van der Waals surface area contributed by atoms with Crippen molar-refractivity contribution in [3.05, 3.63) is 53.9 Å². The number of aryl methyl sites for hydroxylation is 1. The minimum absolute atomic E-state index is 0.0283. The highest BCUT2D eigenvalue weighted by atomic mass is 16.5. The second-order valence-corrected chi connectivity index (χ2v) is 7.33. The average molecular weight is 393 g/mol. The lowest BCUT2D eigenvalue weighted by Crippen LogP contribution is -2.27. The number of nitrogens with zero attached hydrogens (tertiary/aromatic N) is 3. The molecule has 1 atom stereocenters. The van der Waals surface area contributed by atoms with Gasteiger partial charge in [0.1, 0.15) is 5.75 Å². The maximum atomic E-state index is 12.3. The summed E-state index contributed by atoms with van der Waals surface area (Å²) < 4.78 is 7.27. The Hall–Kier alpha value is -2.93. The van der Waals surface area contributed by atoms with Gasteiger partial charge in [-0.3, -0.25) is 4.79 Å². The molecule has 29 heavy (non-hydrogen) atoms. The molecule has 152 valence electrons. The van der Waals surface area contributed by atoms with E-state index >= 15 is 0 Å². The number of ether oxygens (including phenoxy) is 1. The maximum absolute atomic E-state index is 12.3. The molecule has 0 spiro atoms. The molecule has 1 aliphatic heterocycles. The third-order valence-corrected chi connectivity index (χ3v) is 5.44. The molecular formula is C22H27N5O2. The largest absolute Gasteiger partial charge is 0.496 e. The highest BCUT2D eigenvalue weighted by Gasteiger charge is 2.23. The van der Waals surface area contributed by atoms with E-state index in [2.05, 4.69) is 21.7 Å². The average Bonchev–Trinajstić information content (AvgIpc) is 3.41. The van der Waals surface area contributed by atoms with Crippen LogP contribution >= 0.6 is 0 Å². The summed E-state index contributed by atoms with van der Waals surface area (Å²) in [6.07, 6.45) is 3.97. The molecule has 4 rings (SSSR count). The minimum Gasteiger partial charge on any atom is -0.496 e. The number of carbonyl (C=O) groups excluding carboxylic acids is 1. The van der Waals surface area contributed by atoms with Crippen molar-refractivity contribution in [3.63, 3.8) is 0 Å². The predicted octanol–water partition coefficient (Wildman–Crippen LogP) is 2.27. The summed E-state index contributed by atoms with van der Waals surface area (Å²) in [5.74, 6) is 1.28. The summed E-state index contributed by atoms with van der Waals surface area (Å²) in [5.41, 5.74) is 3.04. The van der Waals surface area contributed by atoms with E-state index in [1.165, 1.54) is 0 Å². The van der Waals surface area contributed by atoms with Gasteiger partial charge in [0.25, 0.3) is 0 Å². The van der Waals surface area contributed by atoms with E-state index in [-0.39, 0.29) is 5.91 Å². The molecule has 3 heterocycles. The van der Waals surface area contributed by atoms with Gasteiger partial charge in [-0.25, -0.2) is 9.67 Å². The fourth-order valence-corrected chi connectivity index (χ4v) is 3.93. The van der Waals surface area contributed by atoms with Gasteiger partial charge in [-0.2, -0.15) is 5.10 Å². The molecule has 1 aliphatic rings. The van der Waals surface area contributed by atoms with Crippen LogP contribution in [0.5, 0.6) is 5.75 Å². The number of amides is 1. The molecule has 1 fully saturated rings. The molecule has 0 radical (unpaired) electrons. The van der Waals surface area contributed by atoms with Crippen molar-refractivity contribution in [2.45, 2.75) is 31.7 Å². The zero-order chi connectivity index (χ0) is 20.1. The van der Waals surface area contributed by atoms with Crippen molar-refractivity contribution in [2.75, 3.05) is 26.7 Å². The van der Waals surface area contributed by atoms with E-state index in [9.17, 15) is 4.79 Å². The molecule has 7 heteroatoms. The summed E-state index contributed by atoms with van der Waals surface area (Å²) >= 11 is 0. The van der Waals surface area contributed by atoms with Crippen LogP contribution in [0.15, 0.2) is 42.6 Å². The van der Waals surface area contributed by atoms with Crippen molar-refractivity contribution in [1.29, 1.82) is 0 Å². The molecule has 2 N–H and O–H groups in total. The van der Waals surface area contributed by atoms with Gasteiger partial charge in [0, 0.05) is 37.0 Å². The van der Waals surface area contributed by atoms with Gasteiger partial charge in [-0.05, 0) is 43.1 Å². The number of benzene rings is 1. The number of hydrogen-bond acceptors (Lipinski definition) is 5. The summed E-state index contributed by atoms with van der Waals surface area (Å²) in [7, 11) is 1.65. The van der Waals surface area contributed by atoms with E-state index in [1.54, 1.807) is 13.3 Å². The van der Waals surface area contributed by atoms with E-state index in [4.69, 9.17) is 9.84 Å². The van der Waals surface area contributed by atoms with Crippen LogP contribution in [0.25, 0.3) is 11.0 Å². The van der Waals surface area contributed by atoms with Crippen molar-refractivity contribution in [3.8, 4) is 5.75 Å². The molecule has 1 amide bonds. The Labute approximate surface area is 170 Å². The lowest BCUT2D eigenvalue weighted by molar-refractivity contribution is -0.121. The molecule has 0 bridgehead atoms. The zero-order valence-corrected chi connectivity index (χ0v) is 16.7. The number of carbonyl (C=O) groups is 1. The number of fused-ring (bicyclic) bond motifs is 1. The Morgan fingerprint density at radius 3 is 3.03 bits per heavy atom. The fourth-order valence-electron chi connectivity index (χ4n) is 3.93. The molecule has 2 aromatic heterocycles. The number of pyridine rings is 1. The Kier molecular flexibility index (Phi) is 6.05. The van der Waals surface area contributed by atoms with Crippen LogP contribution in [0.4, 0.5) is 0 Å². The summed E-state index contributed by atoms with van der Waals surface area (Å²) in [5, 5.41) is 12.3. The third-order valence-electron chi connectivity index (χ3n) is 5.44. The van der Waals surface area contributed by atoms with E-state index in [0.29, 0.717) is 31.8 Å². The summed E-state index contributed by atoms with van der Waals surface area (Å²) in [4.78, 5) is 16.8. The van der Waals surface area contributed by atoms with Crippen LogP contribution in [0, 0.1) is 0 Å². The van der Waals surface area contributed by atoms with Crippen molar-refractivity contribution in [2.24, 2.45) is 0 Å². The first-order chi connectivity index (χ1) is 14.3.